The molecule has 3 aliphatic heterocycles. The number of carbonyl (C=O) groups excluding carboxylic acids is 1. The van der Waals surface area contributed by atoms with Gasteiger partial charge in [0.15, 0.2) is 5.82 Å². The molecule has 3 saturated heterocycles. The molecule has 1 amide bonds. The minimum atomic E-state index is -5.04. The van der Waals surface area contributed by atoms with Gasteiger partial charge in [0.25, 0.3) is 0 Å². The molecule has 10 nitrogen and oxygen atoms in total. The van der Waals surface area contributed by atoms with Gasteiger partial charge < -0.3 is 29.3 Å². The quantitative estimate of drug-likeness (QED) is 0.168. The van der Waals surface area contributed by atoms with Crippen molar-refractivity contribution in [3.63, 3.8) is 0 Å². The molecule has 4 aromatic rings. The molecule has 2 atom stereocenters. The van der Waals surface area contributed by atoms with Crippen LogP contribution in [0.15, 0.2) is 24.3 Å². The summed E-state index contributed by atoms with van der Waals surface area (Å²) in [5, 5.41) is 11.1. The Kier molecular flexibility index (Phi) is 8.90. The highest BCUT2D eigenvalue weighted by Gasteiger charge is 2.52. The van der Waals surface area contributed by atoms with Gasteiger partial charge in [0.1, 0.15) is 40.2 Å². The first kappa shape index (κ1) is 36.0. The summed E-state index contributed by atoms with van der Waals surface area (Å²) >= 11 is 0. The number of halogens is 6. The number of hydrogen-bond donors (Lipinski definition) is 1. The third-order valence-corrected chi connectivity index (χ3v) is 11.2. The van der Waals surface area contributed by atoms with E-state index in [1.807, 2.05) is 0 Å². The van der Waals surface area contributed by atoms with Crippen LogP contribution in [0, 0.1) is 29.4 Å². The third kappa shape index (κ3) is 6.35. The molecule has 16 heteroatoms. The highest BCUT2D eigenvalue weighted by atomic mass is 19.4. The van der Waals surface area contributed by atoms with Gasteiger partial charge in [-0.15, -0.1) is 6.42 Å². The van der Waals surface area contributed by atoms with Crippen molar-refractivity contribution in [1.82, 2.24) is 24.8 Å². The number of aromatic hydroxyl groups is 1. The molecular weight excluding hydrogens is 718 g/mol. The largest absolute Gasteiger partial charge is 0.508 e. The van der Waals surface area contributed by atoms with Crippen LogP contribution in [-0.4, -0.2) is 107 Å². The normalized spacial score (nSPS) is 21.4. The van der Waals surface area contributed by atoms with Crippen LogP contribution in [0.2, 0.25) is 0 Å². The fourth-order valence-electron chi connectivity index (χ4n) is 8.31. The molecule has 2 aromatic heterocycles. The van der Waals surface area contributed by atoms with Gasteiger partial charge >= 0.3 is 18.1 Å². The van der Waals surface area contributed by atoms with Gasteiger partial charge in [0.05, 0.1) is 31.4 Å². The fraction of sp³-hybridized carbons (Fsp3) is 0.474. The molecule has 4 aliphatic rings. The number of ether oxygens (including phenoxy) is 2. The van der Waals surface area contributed by atoms with E-state index in [9.17, 15) is 31.9 Å². The Morgan fingerprint density at radius 3 is 2.37 bits per heavy atom. The number of piperazine rings is 1. The Morgan fingerprint density at radius 2 is 1.74 bits per heavy atom. The number of benzene rings is 2. The Hall–Kier alpha value is -5.04. The summed E-state index contributed by atoms with van der Waals surface area (Å²) in [6, 6.07) is 3.29. The van der Waals surface area contributed by atoms with Crippen molar-refractivity contribution in [2.45, 2.75) is 63.0 Å². The highest BCUT2D eigenvalue weighted by molar-refractivity contribution is 6.04. The van der Waals surface area contributed by atoms with Gasteiger partial charge in [-0.1, -0.05) is 12.0 Å². The lowest BCUT2D eigenvalue weighted by Crippen LogP contribution is -2.59. The number of methoxy groups -OCH3 is 1. The van der Waals surface area contributed by atoms with Gasteiger partial charge in [-0.25, -0.2) is 18.2 Å². The van der Waals surface area contributed by atoms with E-state index >= 15 is 4.39 Å². The van der Waals surface area contributed by atoms with Crippen LogP contribution in [0.4, 0.5) is 32.2 Å². The number of anilines is 1. The number of rotatable bonds is 8. The number of amides is 1. The average molecular weight is 755 g/mol. The molecule has 0 spiro atoms. The van der Waals surface area contributed by atoms with Gasteiger partial charge in [-0.05, 0) is 62.1 Å². The van der Waals surface area contributed by atoms with Crippen LogP contribution in [0.3, 0.4) is 0 Å². The van der Waals surface area contributed by atoms with Crippen LogP contribution in [0.5, 0.6) is 17.6 Å². The van der Waals surface area contributed by atoms with Crippen LogP contribution < -0.4 is 14.4 Å². The summed E-state index contributed by atoms with van der Waals surface area (Å²) in [5.74, 6) is -1.68. The highest BCUT2D eigenvalue weighted by Crippen LogP contribution is 2.48. The topological polar surface area (TPSA) is 104 Å². The van der Waals surface area contributed by atoms with E-state index in [1.165, 1.54) is 25.3 Å². The number of likely N-dealkylation sites (tertiary alicyclic amines) is 1. The van der Waals surface area contributed by atoms with E-state index in [2.05, 4.69) is 25.8 Å². The number of terminal acetylenes is 1. The number of hydrogen-bond acceptors (Lipinski definition) is 9. The Labute approximate surface area is 306 Å². The molecule has 8 rings (SSSR count). The SMILES string of the molecule is C#Cc1c(F)ccc2cc(O)cc(-c3nc(OC)c4c(N5CC6CCC(C5)N6C(=O)C(F)(F)F)nc(OCC5(CN6CCC(F)CC6)CC5)nc4c3F)c12. The molecular formula is C38H36F6N6O4. The fourth-order valence-corrected chi connectivity index (χ4v) is 8.31. The van der Waals surface area contributed by atoms with Crippen molar-refractivity contribution < 1.29 is 45.7 Å². The zero-order chi connectivity index (χ0) is 38.1. The first-order valence-corrected chi connectivity index (χ1v) is 17.8. The molecule has 2 bridgehead atoms. The monoisotopic (exact) mass is 754 g/mol. The summed E-state index contributed by atoms with van der Waals surface area (Å²) in [4.78, 5) is 30.8. The first-order valence-electron chi connectivity index (χ1n) is 17.8. The second-order valence-corrected chi connectivity index (χ2v) is 14.7. The maximum Gasteiger partial charge on any atom is 0.471 e. The number of pyridine rings is 1. The van der Waals surface area contributed by atoms with Gasteiger partial charge in [-0.2, -0.15) is 23.1 Å². The van der Waals surface area contributed by atoms with Crippen molar-refractivity contribution in [2.24, 2.45) is 5.41 Å². The zero-order valence-electron chi connectivity index (χ0n) is 29.2. The zero-order valence-corrected chi connectivity index (χ0v) is 29.2. The van der Waals surface area contributed by atoms with E-state index in [-0.39, 0.29) is 81.7 Å². The Balaban J connectivity index is 1.24. The molecule has 54 heavy (non-hydrogen) atoms. The number of phenols is 1. The Bertz CT molecular complexity index is 2190. The molecule has 1 saturated carbocycles. The first-order chi connectivity index (χ1) is 25.8. The smallest absolute Gasteiger partial charge is 0.471 e. The van der Waals surface area contributed by atoms with Crippen LogP contribution in [-0.2, 0) is 4.79 Å². The summed E-state index contributed by atoms with van der Waals surface area (Å²) in [6.45, 7) is 2.00. The van der Waals surface area contributed by atoms with Crippen molar-refractivity contribution >= 4 is 33.4 Å². The molecule has 1 N–H and O–H groups in total. The maximum atomic E-state index is 17.2. The van der Waals surface area contributed by atoms with Crippen LogP contribution in [0.1, 0.15) is 44.1 Å². The minimum absolute atomic E-state index is 0.00383. The lowest BCUT2D eigenvalue weighted by atomic mass is 9.95. The van der Waals surface area contributed by atoms with Crippen molar-refractivity contribution in [1.29, 1.82) is 0 Å². The van der Waals surface area contributed by atoms with E-state index < -0.39 is 42.0 Å². The number of alkyl halides is 4. The second-order valence-electron chi connectivity index (χ2n) is 14.7. The van der Waals surface area contributed by atoms with Crippen molar-refractivity contribution in [3.05, 3.63) is 41.5 Å². The molecule has 5 heterocycles. The number of piperidine rings is 1. The van der Waals surface area contributed by atoms with Crippen molar-refractivity contribution in [3.8, 4) is 41.2 Å². The molecule has 2 unspecified atom stereocenters. The van der Waals surface area contributed by atoms with Crippen molar-refractivity contribution in [2.75, 3.05) is 51.3 Å². The lowest BCUT2D eigenvalue weighted by molar-refractivity contribution is -0.188. The lowest BCUT2D eigenvalue weighted by Gasteiger charge is -2.42. The average Bonchev–Trinajstić information content (AvgIpc) is 3.86. The second kappa shape index (κ2) is 13.4. The molecule has 0 radical (unpaired) electrons. The number of carbonyl (C=O) groups is 1. The molecule has 4 fully saturated rings. The maximum absolute atomic E-state index is 17.2. The standard InChI is InChI=1S/C38H36F6N6O4/c1-3-25-27(40)7-4-20-14-24(51)15-26(28(20)25)31-30(41)32-29(34(45-31)53-2)33(49-16-22-5-6-23(17-49)50(22)35(52)38(42,43)44)47-36(46-32)54-19-37(10-11-37)18-48-12-8-21(39)9-13-48/h1,4,7,14-15,21-23,51H,5-6,8-13,16-19H2,2H3. The van der Waals surface area contributed by atoms with E-state index in [0.717, 1.165) is 23.8 Å². The Morgan fingerprint density at radius 1 is 1.04 bits per heavy atom. The summed E-state index contributed by atoms with van der Waals surface area (Å²) in [7, 11) is 1.29. The molecule has 1 aliphatic carbocycles. The summed E-state index contributed by atoms with van der Waals surface area (Å²) in [5.41, 5.74) is -1.14. The number of nitrogens with zero attached hydrogens (tertiary/aromatic N) is 6. The summed E-state index contributed by atoms with van der Waals surface area (Å²) < 4.78 is 98.6. The van der Waals surface area contributed by atoms with E-state index in [1.54, 1.807) is 4.90 Å². The number of aromatic nitrogens is 3. The molecule has 2 aromatic carbocycles. The van der Waals surface area contributed by atoms with E-state index in [4.69, 9.17) is 15.9 Å². The van der Waals surface area contributed by atoms with Gasteiger partial charge in [0.2, 0.25) is 5.88 Å². The van der Waals surface area contributed by atoms with Crippen LogP contribution in [0.25, 0.3) is 32.9 Å². The number of fused-ring (bicyclic) bond motifs is 4. The predicted molar refractivity (Wildman–Crippen MR) is 186 cm³/mol. The summed E-state index contributed by atoms with van der Waals surface area (Å²) in [6.07, 6.45) is 3.07. The van der Waals surface area contributed by atoms with Crippen LogP contribution >= 0.6 is 0 Å². The minimum Gasteiger partial charge on any atom is -0.508 e. The van der Waals surface area contributed by atoms with E-state index in [0.29, 0.717) is 50.7 Å². The molecule has 284 valence electrons. The van der Waals surface area contributed by atoms with Gasteiger partial charge in [0, 0.05) is 49.1 Å². The third-order valence-electron chi connectivity index (χ3n) is 11.2. The van der Waals surface area contributed by atoms with Gasteiger partial charge in [-0.3, -0.25) is 4.79 Å². The predicted octanol–water partition coefficient (Wildman–Crippen LogP) is 6.15. The number of phenolic OH excluding ortho intramolecular Hbond substituents is 1.